The van der Waals surface area contributed by atoms with Gasteiger partial charge in [-0.1, -0.05) is 0 Å². The number of carbonyl (C=O) groups excluding carboxylic acids is 1. The fraction of sp³-hybridized carbons (Fsp3) is 0.500. The molecule has 2 aromatic rings. The van der Waals surface area contributed by atoms with Crippen molar-refractivity contribution in [2.45, 2.75) is 25.3 Å². The van der Waals surface area contributed by atoms with Gasteiger partial charge in [-0.25, -0.2) is 0 Å². The summed E-state index contributed by atoms with van der Waals surface area (Å²) in [5.41, 5.74) is 0.925. The van der Waals surface area contributed by atoms with Crippen molar-refractivity contribution in [2.75, 3.05) is 20.3 Å². The summed E-state index contributed by atoms with van der Waals surface area (Å²) in [6.45, 7) is 1.18. The van der Waals surface area contributed by atoms with Gasteiger partial charge in [0.1, 0.15) is 6.04 Å². The molecule has 7 heteroatoms. The number of aromatic nitrogens is 2. The second-order valence-electron chi connectivity index (χ2n) is 4.95. The molecule has 112 valence electrons. The highest BCUT2D eigenvalue weighted by Crippen LogP contribution is 2.33. The zero-order chi connectivity index (χ0) is 14.7. The van der Waals surface area contributed by atoms with Crippen LogP contribution in [0.3, 0.4) is 0 Å². The molecule has 1 saturated heterocycles. The van der Waals surface area contributed by atoms with E-state index < -0.39 is 0 Å². The van der Waals surface area contributed by atoms with Crippen molar-refractivity contribution < 1.29 is 13.9 Å². The zero-order valence-corrected chi connectivity index (χ0v) is 12.6. The van der Waals surface area contributed by atoms with Crippen molar-refractivity contribution in [3.05, 3.63) is 22.7 Å². The van der Waals surface area contributed by atoms with Crippen molar-refractivity contribution in [1.82, 2.24) is 15.1 Å². The zero-order valence-electron chi connectivity index (χ0n) is 11.8. The number of amides is 1. The van der Waals surface area contributed by atoms with Crippen molar-refractivity contribution in [3.63, 3.8) is 0 Å². The molecule has 3 heterocycles. The fourth-order valence-corrected chi connectivity index (χ4v) is 3.16. The van der Waals surface area contributed by atoms with Crippen LogP contribution in [-0.4, -0.2) is 41.3 Å². The van der Waals surface area contributed by atoms with Gasteiger partial charge in [0, 0.05) is 24.6 Å². The summed E-state index contributed by atoms with van der Waals surface area (Å²) in [5.74, 6) is 1.12. The maximum Gasteiger partial charge on any atom is 0.248 e. The van der Waals surface area contributed by atoms with Crippen molar-refractivity contribution >= 4 is 17.2 Å². The van der Waals surface area contributed by atoms with Crippen LogP contribution in [0.1, 0.15) is 31.2 Å². The molecular weight excluding hydrogens is 290 g/mol. The predicted octanol–water partition coefficient (Wildman–Crippen LogP) is 2.50. The first-order chi connectivity index (χ1) is 10.3. The summed E-state index contributed by atoms with van der Waals surface area (Å²) < 4.78 is 10.7. The Labute approximate surface area is 126 Å². The Balaban J connectivity index is 1.75. The second kappa shape index (κ2) is 6.36. The summed E-state index contributed by atoms with van der Waals surface area (Å²) in [6, 6.07) is 1.84. The van der Waals surface area contributed by atoms with Gasteiger partial charge >= 0.3 is 0 Å². The smallest absolute Gasteiger partial charge is 0.248 e. The molecule has 0 aliphatic carbocycles. The van der Waals surface area contributed by atoms with E-state index in [0.717, 1.165) is 24.9 Å². The molecule has 0 saturated carbocycles. The lowest BCUT2D eigenvalue weighted by atomic mass is 10.2. The van der Waals surface area contributed by atoms with E-state index >= 15 is 0 Å². The molecule has 1 aliphatic heterocycles. The van der Waals surface area contributed by atoms with E-state index in [9.17, 15) is 4.79 Å². The van der Waals surface area contributed by atoms with Crippen LogP contribution in [0.25, 0.3) is 11.5 Å². The normalized spacial score (nSPS) is 18.3. The Morgan fingerprint density at radius 3 is 3.24 bits per heavy atom. The number of hydrogen-bond acceptors (Lipinski definition) is 6. The number of hydrogen-bond donors (Lipinski definition) is 0. The van der Waals surface area contributed by atoms with Crippen LogP contribution in [0.4, 0.5) is 0 Å². The Morgan fingerprint density at radius 1 is 1.57 bits per heavy atom. The number of nitrogens with zero attached hydrogens (tertiary/aromatic N) is 3. The van der Waals surface area contributed by atoms with Crippen LogP contribution in [-0.2, 0) is 9.53 Å². The SMILES string of the molecule is COCCC(=O)N1CCCC1c1nnc(-c2ccsc2)o1. The molecule has 0 bridgehead atoms. The molecule has 0 radical (unpaired) electrons. The Morgan fingerprint density at radius 2 is 2.48 bits per heavy atom. The average molecular weight is 307 g/mol. The molecule has 1 unspecified atom stereocenters. The van der Waals surface area contributed by atoms with E-state index in [0.29, 0.717) is 24.8 Å². The fourth-order valence-electron chi connectivity index (χ4n) is 2.53. The summed E-state index contributed by atoms with van der Waals surface area (Å²) in [4.78, 5) is 14.0. The molecule has 1 amide bonds. The minimum Gasteiger partial charge on any atom is -0.418 e. The maximum absolute atomic E-state index is 12.2. The summed E-state index contributed by atoms with van der Waals surface area (Å²) in [7, 11) is 1.60. The highest BCUT2D eigenvalue weighted by Gasteiger charge is 2.33. The number of methoxy groups -OCH3 is 1. The van der Waals surface area contributed by atoms with E-state index in [1.807, 2.05) is 21.7 Å². The van der Waals surface area contributed by atoms with E-state index in [1.165, 1.54) is 0 Å². The lowest BCUT2D eigenvalue weighted by Crippen LogP contribution is -2.31. The monoisotopic (exact) mass is 307 g/mol. The highest BCUT2D eigenvalue weighted by molar-refractivity contribution is 7.08. The van der Waals surface area contributed by atoms with E-state index in [4.69, 9.17) is 9.15 Å². The number of ether oxygens (including phenoxy) is 1. The number of likely N-dealkylation sites (tertiary alicyclic amines) is 1. The molecule has 0 spiro atoms. The lowest BCUT2D eigenvalue weighted by molar-refractivity contribution is -0.133. The number of thiophene rings is 1. The summed E-state index contributed by atoms with van der Waals surface area (Å²) >= 11 is 1.58. The Kier molecular flexibility index (Phi) is 4.31. The third-order valence-electron chi connectivity index (χ3n) is 3.59. The van der Waals surface area contributed by atoms with Gasteiger partial charge in [0.25, 0.3) is 0 Å². The Bertz CT molecular complexity index is 596. The van der Waals surface area contributed by atoms with Crippen LogP contribution < -0.4 is 0 Å². The van der Waals surface area contributed by atoms with Crippen molar-refractivity contribution in [2.24, 2.45) is 0 Å². The van der Waals surface area contributed by atoms with E-state index in [1.54, 1.807) is 18.4 Å². The standard InChI is InChI=1S/C14H17N3O3S/c1-19-7-4-12(18)17-6-2-3-11(17)14-16-15-13(20-14)10-5-8-21-9-10/h5,8-9,11H,2-4,6-7H2,1H3. The average Bonchev–Trinajstić information content (AvgIpc) is 3.23. The molecule has 1 fully saturated rings. The predicted molar refractivity (Wildman–Crippen MR) is 77.8 cm³/mol. The minimum absolute atomic E-state index is 0.0784. The second-order valence-corrected chi connectivity index (χ2v) is 5.73. The van der Waals surface area contributed by atoms with Gasteiger partial charge in [0.2, 0.25) is 17.7 Å². The molecule has 6 nitrogen and oxygen atoms in total. The molecule has 1 aliphatic rings. The largest absolute Gasteiger partial charge is 0.418 e. The van der Waals surface area contributed by atoms with Gasteiger partial charge in [-0.2, -0.15) is 11.3 Å². The van der Waals surface area contributed by atoms with Crippen molar-refractivity contribution in [3.8, 4) is 11.5 Å². The van der Waals surface area contributed by atoms with Gasteiger partial charge in [-0.15, -0.1) is 10.2 Å². The van der Waals surface area contributed by atoms with Crippen LogP contribution in [0.5, 0.6) is 0 Å². The quantitative estimate of drug-likeness (QED) is 0.849. The first-order valence-corrected chi connectivity index (χ1v) is 7.88. The third-order valence-corrected chi connectivity index (χ3v) is 4.27. The summed E-state index contributed by atoms with van der Waals surface area (Å²) in [6.07, 6.45) is 2.21. The lowest BCUT2D eigenvalue weighted by Gasteiger charge is -2.21. The molecule has 0 aromatic carbocycles. The number of carbonyl (C=O) groups is 1. The molecule has 1 atom stereocenters. The maximum atomic E-state index is 12.2. The van der Waals surface area contributed by atoms with E-state index in [2.05, 4.69) is 10.2 Å². The molecule has 21 heavy (non-hydrogen) atoms. The first-order valence-electron chi connectivity index (χ1n) is 6.94. The van der Waals surface area contributed by atoms with Gasteiger partial charge in [-0.3, -0.25) is 4.79 Å². The molecular formula is C14H17N3O3S. The first kappa shape index (κ1) is 14.2. The van der Waals surface area contributed by atoms with Crippen LogP contribution in [0.2, 0.25) is 0 Å². The third kappa shape index (κ3) is 2.98. The highest BCUT2D eigenvalue weighted by atomic mass is 32.1. The van der Waals surface area contributed by atoms with E-state index in [-0.39, 0.29) is 11.9 Å². The van der Waals surface area contributed by atoms with Gasteiger partial charge in [-0.05, 0) is 24.3 Å². The molecule has 3 rings (SSSR count). The van der Waals surface area contributed by atoms with Crippen molar-refractivity contribution in [1.29, 1.82) is 0 Å². The Hall–Kier alpha value is -1.73. The van der Waals surface area contributed by atoms with Crippen LogP contribution in [0.15, 0.2) is 21.2 Å². The van der Waals surface area contributed by atoms with Crippen LogP contribution in [0, 0.1) is 0 Å². The molecule has 0 N–H and O–H groups in total. The molecule has 2 aromatic heterocycles. The van der Waals surface area contributed by atoms with Gasteiger partial charge in [0.05, 0.1) is 13.0 Å². The van der Waals surface area contributed by atoms with Crippen LogP contribution >= 0.6 is 11.3 Å². The summed E-state index contributed by atoms with van der Waals surface area (Å²) in [5, 5.41) is 12.1. The topological polar surface area (TPSA) is 68.5 Å². The minimum atomic E-state index is -0.103. The van der Waals surface area contributed by atoms with Gasteiger partial charge < -0.3 is 14.1 Å². The number of rotatable bonds is 5. The van der Waals surface area contributed by atoms with Gasteiger partial charge in [0.15, 0.2) is 0 Å².